The first-order valence-electron chi connectivity index (χ1n) is 17.7. The monoisotopic (exact) mass is 776 g/mol. The van der Waals surface area contributed by atoms with Crippen molar-refractivity contribution in [1.82, 2.24) is 69.4 Å². The number of benzene rings is 2. The van der Waals surface area contributed by atoms with Gasteiger partial charge in [-0.2, -0.15) is 29.2 Å². The Balaban J connectivity index is 0.000000150. The van der Waals surface area contributed by atoms with Crippen molar-refractivity contribution in [3.63, 3.8) is 0 Å². The van der Waals surface area contributed by atoms with E-state index in [4.69, 9.17) is 20.3 Å². The standard InChI is InChI=1S/2C19H16N8O2/c2*1-21-18(28)14(11-6-3-2-4-7-11)26-17-12(10-22-26)16-23-15(13-8-5-9-29-13)25-27(16)19(20)24-17/h2*2-10,14H,1H3,(H2,20,24)(H,21,28)/t2*14-/m10/s1. The molecule has 0 spiro atoms. The van der Waals surface area contributed by atoms with E-state index in [1.165, 1.54) is 9.03 Å². The van der Waals surface area contributed by atoms with Gasteiger partial charge in [0.2, 0.25) is 35.4 Å². The fourth-order valence-corrected chi connectivity index (χ4v) is 6.60. The molecule has 20 heteroatoms. The average Bonchev–Trinajstić information content (AvgIpc) is 4.10. The third kappa shape index (κ3) is 5.96. The summed E-state index contributed by atoms with van der Waals surface area (Å²) in [5.74, 6) is 1.61. The Morgan fingerprint density at radius 2 is 0.983 bits per heavy atom. The van der Waals surface area contributed by atoms with Crippen LogP contribution in [0.2, 0.25) is 0 Å². The number of hydrogen-bond acceptors (Lipinski definition) is 14. The van der Waals surface area contributed by atoms with Gasteiger partial charge in [0.05, 0.1) is 35.7 Å². The fourth-order valence-electron chi connectivity index (χ4n) is 6.60. The predicted octanol–water partition coefficient (Wildman–Crippen LogP) is 3.30. The van der Waals surface area contributed by atoms with E-state index in [2.05, 4.69) is 51.0 Å². The minimum absolute atomic E-state index is 0.128. The molecule has 0 saturated carbocycles. The minimum atomic E-state index is -0.708. The molecular formula is C38H32N16O4. The number of nitrogens with one attached hydrogen (secondary N) is 2. The van der Waals surface area contributed by atoms with Crippen LogP contribution in [0.25, 0.3) is 56.5 Å². The van der Waals surface area contributed by atoms with Gasteiger partial charge in [-0.25, -0.2) is 19.3 Å². The summed E-state index contributed by atoms with van der Waals surface area (Å²) < 4.78 is 16.7. The van der Waals surface area contributed by atoms with Crippen molar-refractivity contribution in [1.29, 1.82) is 0 Å². The number of nitrogen functional groups attached to an aromatic ring is 2. The zero-order chi connectivity index (χ0) is 39.9. The Bertz CT molecular complexity index is 2850. The molecule has 0 unspecified atom stereocenters. The van der Waals surface area contributed by atoms with Crippen LogP contribution in [0, 0.1) is 0 Å². The minimum Gasteiger partial charge on any atom is -0.461 e. The number of furan rings is 2. The molecule has 58 heavy (non-hydrogen) atoms. The molecule has 0 bridgehead atoms. The van der Waals surface area contributed by atoms with E-state index in [1.54, 1.807) is 72.6 Å². The van der Waals surface area contributed by atoms with Crippen LogP contribution in [0.5, 0.6) is 0 Å². The van der Waals surface area contributed by atoms with Gasteiger partial charge in [-0.1, -0.05) is 60.7 Å². The molecule has 0 radical (unpaired) electrons. The summed E-state index contributed by atoms with van der Waals surface area (Å²) in [5, 5.41) is 24.2. The summed E-state index contributed by atoms with van der Waals surface area (Å²) in [4.78, 5) is 43.3. The van der Waals surface area contributed by atoms with Gasteiger partial charge in [0.25, 0.3) is 0 Å². The molecule has 2 amide bonds. The van der Waals surface area contributed by atoms with E-state index >= 15 is 0 Å². The molecular weight excluding hydrogens is 745 g/mol. The summed E-state index contributed by atoms with van der Waals surface area (Å²) in [5.41, 5.74) is 15.7. The highest BCUT2D eigenvalue weighted by atomic mass is 16.3. The van der Waals surface area contributed by atoms with E-state index in [1.807, 2.05) is 60.7 Å². The molecule has 10 rings (SSSR count). The molecule has 2 aromatic carbocycles. The Labute approximate surface area is 326 Å². The van der Waals surface area contributed by atoms with Crippen molar-refractivity contribution >= 4 is 57.1 Å². The summed E-state index contributed by atoms with van der Waals surface area (Å²) in [6.07, 6.45) is 6.31. The topological polar surface area (TPSA) is 258 Å². The van der Waals surface area contributed by atoms with Crippen LogP contribution in [-0.2, 0) is 9.59 Å². The van der Waals surface area contributed by atoms with Crippen LogP contribution < -0.4 is 22.1 Å². The predicted molar refractivity (Wildman–Crippen MR) is 210 cm³/mol. The Kier molecular flexibility index (Phi) is 8.72. The maximum Gasteiger partial charge on any atom is 0.249 e. The lowest BCUT2D eigenvalue weighted by molar-refractivity contribution is -0.123. The van der Waals surface area contributed by atoms with Crippen LogP contribution in [0.4, 0.5) is 11.9 Å². The normalized spacial score (nSPS) is 12.4. The lowest BCUT2D eigenvalue weighted by Gasteiger charge is -2.17. The largest absolute Gasteiger partial charge is 0.461 e. The van der Waals surface area contributed by atoms with E-state index < -0.39 is 12.1 Å². The molecule has 6 N–H and O–H groups in total. The van der Waals surface area contributed by atoms with Gasteiger partial charge in [0, 0.05) is 14.1 Å². The van der Waals surface area contributed by atoms with Gasteiger partial charge in [-0.15, -0.1) is 10.2 Å². The second kappa shape index (κ2) is 14.3. The van der Waals surface area contributed by atoms with Crippen molar-refractivity contribution < 1.29 is 18.4 Å². The fraction of sp³-hybridized carbons (Fsp3) is 0.105. The summed E-state index contributed by atoms with van der Waals surface area (Å²) >= 11 is 0. The second-order valence-corrected chi connectivity index (χ2v) is 12.7. The number of rotatable bonds is 8. The smallest absolute Gasteiger partial charge is 0.249 e. The highest BCUT2D eigenvalue weighted by Gasteiger charge is 2.28. The number of likely N-dealkylation sites (N-methyl/N-ethyl adjacent to an activating group) is 2. The van der Waals surface area contributed by atoms with E-state index in [0.29, 0.717) is 56.5 Å². The lowest BCUT2D eigenvalue weighted by Crippen LogP contribution is -2.31. The maximum atomic E-state index is 12.7. The summed E-state index contributed by atoms with van der Waals surface area (Å²) in [7, 11) is 3.16. The SMILES string of the molecule is CNC(=O)[C@@H](c1ccccc1)n1ncc2c1nc(N)n1nc(-c3ccco3)nc21.CNC(=O)[C@H](c1ccccc1)n1ncc2c1nc(N)n1nc(-c3ccco3)nc21. The Morgan fingerprint density at radius 3 is 1.34 bits per heavy atom. The van der Waals surface area contributed by atoms with Crippen molar-refractivity contribution in [2.75, 3.05) is 25.6 Å². The highest BCUT2D eigenvalue weighted by Crippen LogP contribution is 2.29. The molecule has 20 nitrogen and oxygen atoms in total. The quantitative estimate of drug-likeness (QED) is 0.173. The Morgan fingerprint density at radius 1 is 0.569 bits per heavy atom. The van der Waals surface area contributed by atoms with Crippen LogP contribution in [0.15, 0.2) is 119 Å². The van der Waals surface area contributed by atoms with Gasteiger partial charge in [0.1, 0.15) is 0 Å². The number of nitrogens with two attached hydrogens (primary N) is 2. The maximum absolute atomic E-state index is 12.7. The van der Waals surface area contributed by atoms with Gasteiger partial charge < -0.3 is 30.9 Å². The lowest BCUT2D eigenvalue weighted by atomic mass is 10.1. The third-order valence-corrected chi connectivity index (χ3v) is 9.30. The van der Waals surface area contributed by atoms with Crippen molar-refractivity contribution in [3.05, 3.63) is 121 Å². The first kappa shape index (κ1) is 35.3. The number of anilines is 2. The molecule has 288 valence electrons. The number of hydrogen-bond donors (Lipinski definition) is 4. The number of nitrogens with zero attached hydrogens (tertiary/aromatic N) is 12. The Hall–Kier alpha value is -8.42. The van der Waals surface area contributed by atoms with Gasteiger partial charge >= 0.3 is 0 Å². The van der Waals surface area contributed by atoms with E-state index in [9.17, 15) is 9.59 Å². The van der Waals surface area contributed by atoms with Crippen molar-refractivity contribution in [2.45, 2.75) is 12.1 Å². The molecule has 8 heterocycles. The number of fused-ring (bicyclic) bond motifs is 6. The molecule has 0 saturated heterocycles. The average molecular weight is 777 g/mol. The molecule has 0 aliphatic carbocycles. The molecule has 0 aliphatic heterocycles. The first-order chi connectivity index (χ1) is 28.3. The van der Waals surface area contributed by atoms with Gasteiger partial charge in [-0.05, 0) is 35.4 Å². The van der Waals surface area contributed by atoms with E-state index in [0.717, 1.165) is 11.1 Å². The van der Waals surface area contributed by atoms with Gasteiger partial charge in [-0.3, -0.25) is 9.59 Å². The van der Waals surface area contributed by atoms with Crippen molar-refractivity contribution in [3.8, 4) is 23.2 Å². The first-order valence-corrected chi connectivity index (χ1v) is 17.7. The number of aromatic nitrogens is 12. The summed E-state index contributed by atoms with van der Waals surface area (Å²) in [6.45, 7) is 0. The van der Waals surface area contributed by atoms with Crippen LogP contribution in [0.1, 0.15) is 23.2 Å². The zero-order valence-corrected chi connectivity index (χ0v) is 30.7. The zero-order valence-electron chi connectivity index (χ0n) is 30.7. The molecule has 0 aliphatic rings. The van der Waals surface area contributed by atoms with E-state index in [-0.39, 0.29) is 23.7 Å². The number of amides is 2. The molecule has 8 aromatic heterocycles. The summed E-state index contributed by atoms with van der Waals surface area (Å²) in [6, 6.07) is 24.3. The van der Waals surface area contributed by atoms with Gasteiger partial charge in [0.15, 0.2) is 46.2 Å². The highest BCUT2D eigenvalue weighted by molar-refractivity contribution is 5.94. The van der Waals surface area contributed by atoms with Crippen molar-refractivity contribution in [2.24, 2.45) is 0 Å². The van der Waals surface area contributed by atoms with Crippen LogP contribution in [0.3, 0.4) is 0 Å². The van der Waals surface area contributed by atoms with Crippen LogP contribution >= 0.6 is 0 Å². The third-order valence-electron chi connectivity index (χ3n) is 9.30. The molecule has 10 aromatic rings. The number of carbonyl (C=O) groups excluding carboxylic acids is 2. The molecule has 0 fully saturated rings. The second-order valence-electron chi connectivity index (χ2n) is 12.7. The van der Waals surface area contributed by atoms with Crippen LogP contribution in [-0.4, -0.2) is 84.6 Å². The molecule has 2 atom stereocenters. The number of carbonyl (C=O) groups is 2.